The van der Waals surface area contributed by atoms with Crippen LogP contribution in [0.15, 0.2) is 21.1 Å². The van der Waals surface area contributed by atoms with E-state index in [1.807, 2.05) is 0 Å². The highest BCUT2D eigenvalue weighted by Crippen LogP contribution is 2.22. The summed E-state index contributed by atoms with van der Waals surface area (Å²) in [5, 5.41) is 3.99. The van der Waals surface area contributed by atoms with Crippen LogP contribution >= 0.6 is 11.6 Å². The molecule has 2 N–H and O–H groups in total. The van der Waals surface area contributed by atoms with Crippen molar-refractivity contribution in [2.75, 3.05) is 0 Å². The monoisotopic (exact) mass is 213 g/mol. The van der Waals surface area contributed by atoms with Gasteiger partial charge < -0.3 is 14.7 Å². The standard InChI is InChI=1S/C8H8ClN3O2/c1-4(10)8-11-7(12-14-8)5-2-3-6(9)13-5/h2-4H,10H2,1H3. The molecule has 0 saturated carbocycles. The molecule has 2 aromatic rings. The van der Waals surface area contributed by atoms with Crippen LogP contribution < -0.4 is 5.73 Å². The predicted molar refractivity (Wildman–Crippen MR) is 49.6 cm³/mol. The first kappa shape index (κ1) is 9.23. The van der Waals surface area contributed by atoms with Crippen molar-refractivity contribution in [3.63, 3.8) is 0 Å². The molecule has 2 rings (SSSR count). The van der Waals surface area contributed by atoms with E-state index in [1.54, 1.807) is 19.1 Å². The Morgan fingerprint density at radius 2 is 2.29 bits per heavy atom. The smallest absolute Gasteiger partial charge is 0.243 e. The van der Waals surface area contributed by atoms with Gasteiger partial charge in [0.2, 0.25) is 11.7 Å². The van der Waals surface area contributed by atoms with E-state index in [2.05, 4.69) is 10.1 Å². The van der Waals surface area contributed by atoms with E-state index in [0.717, 1.165) is 0 Å². The summed E-state index contributed by atoms with van der Waals surface area (Å²) in [6, 6.07) is 2.98. The second-order valence-corrected chi connectivity index (χ2v) is 3.22. The highest BCUT2D eigenvalue weighted by atomic mass is 35.5. The number of furan rings is 1. The SMILES string of the molecule is CC(N)c1nc(-c2ccc(Cl)o2)no1. The molecule has 0 aliphatic rings. The number of nitrogens with two attached hydrogens (primary N) is 1. The molecule has 0 fully saturated rings. The van der Waals surface area contributed by atoms with Crippen LogP contribution in [0.1, 0.15) is 18.9 Å². The highest BCUT2D eigenvalue weighted by Gasteiger charge is 2.14. The molecule has 1 unspecified atom stereocenters. The van der Waals surface area contributed by atoms with Crippen LogP contribution in [0.5, 0.6) is 0 Å². The Hall–Kier alpha value is -1.33. The average molecular weight is 214 g/mol. The summed E-state index contributed by atoms with van der Waals surface area (Å²) in [6.07, 6.45) is 0. The van der Waals surface area contributed by atoms with Crippen molar-refractivity contribution in [2.24, 2.45) is 5.73 Å². The summed E-state index contributed by atoms with van der Waals surface area (Å²) in [5.41, 5.74) is 5.56. The van der Waals surface area contributed by atoms with Crippen molar-refractivity contribution in [1.82, 2.24) is 10.1 Å². The third-order valence-electron chi connectivity index (χ3n) is 1.62. The van der Waals surface area contributed by atoms with Gasteiger partial charge in [0.1, 0.15) is 0 Å². The lowest BCUT2D eigenvalue weighted by Crippen LogP contribution is -2.04. The summed E-state index contributed by atoms with van der Waals surface area (Å²) < 4.78 is 10.0. The van der Waals surface area contributed by atoms with Crippen molar-refractivity contribution in [1.29, 1.82) is 0 Å². The molecule has 0 spiro atoms. The lowest BCUT2D eigenvalue weighted by molar-refractivity contribution is 0.361. The van der Waals surface area contributed by atoms with E-state index in [-0.39, 0.29) is 11.3 Å². The summed E-state index contributed by atoms with van der Waals surface area (Å²) in [4.78, 5) is 4.04. The second-order valence-electron chi connectivity index (χ2n) is 2.85. The highest BCUT2D eigenvalue weighted by molar-refractivity contribution is 6.28. The van der Waals surface area contributed by atoms with Crippen molar-refractivity contribution in [3.8, 4) is 11.6 Å². The molecule has 0 aromatic carbocycles. The number of halogens is 1. The Balaban J connectivity index is 2.33. The van der Waals surface area contributed by atoms with E-state index in [9.17, 15) is 0 Å². The molecule has 74 valence electrons. The van der Waals surface area contributed by atoms with Gasteiger partial charge in [0.05, 0.1) is 6.04 Å². The quantitative estimate of drug-likeness (QED) is 0.826. The van der Waals surface area contributed by atoms with Gasteiger partial charge in [-0.15, -0.1) is 0 Å². The third-order valence-corrected chi connectivity index (χ3v) is 1.83. The van der Waals surface area contributed by atoms with E-state index in [1.165, 1.54) is 0 Å². The number of nitrogens with zero attached hydrogens (tertiary/aromatic N) is 2. The average Bonchev–Trinajstić information content (AvgIpc) is 2.70. The fourth-order valence-corrected chi connectivity index (χ4v) is 1.10. The first-order chi connectivity index (χ1) is 6.66. The van der Waals surface area contributed by atoms with E-state index < -0.39 is 0 Å². The fraction of sp³-hybridized carbons (Fsp3) is 0.250. The minimum Gasteiger partial charge on any atom is -0.441 e. The number of hydrogen-bond acceptors (Lipinski definition) is 5. The van der Waals surface area contributed by atoms with Crippen molar-refractivity contribution in [3.05, 3.63) is 23.2 Å². The van der Waals surface area contributed by atoms with Gasteiger partial charge in [-0.1, -0.05) is 5.16 Å². The van der Waals surface area contributed by atoms with Crippen LogP contribution in [0.25, 0.3) is 11.6 Å². The van der Waals surface area contributed by atoms with Gasteiger partial charge in [-0.3, -0.25) is 0 Å². The lowest BCUT2D eigenvalue weighted by Gasteiger charge is -1.92. The minimum absolute atomic E-state index is 0.284. The Morgan fingerprint density at radius 1 is 1.50 bits per heavy atom. The molecular formula is C8H8ClN3O2. The van der Waals surface area contributed by atoms with Crippen LogP contribution in [0.2, 0.25) is 5.22 Å². The summed E-state index contributed by atoms with van der Waals surface area (Å²) in [7, 11) is 0. The van der Waals surface area contributed by atoms with Gasteiger partial charge in [-0.2, -0.15) is 4.98 Å². The summed E-state index contributed by atoms with van der Waals surface area (Å²) in [6.45, 7) is 1.76. The van der Waals surface area contributed by atoms with Crippen LogP contribution in [-0.2, 0) is 0 Å². The first-order valence-electron chi connectivity index (χ1n) is 4.01. The van der Waals surface area contributed by atoms with Crippen LogP contribution in [0.3, 0.4) is 0 Å². The molecule has 14 heavy (non-hydrogen) atoms. The normalized spacial score (nSPS) is 13.1. The van der Waals surface area contributed by atoms with Gasteiger partial charge in [-0.25, -0.2) is 0 Å². The Bertz CT molecular complexity index is 435. The Kier molecular flexibility index (Phi) is 2.26. The van der Waals surface area contributed by atoms with Gasteiger partial charge in [0, 0.05) is 0 Å². The van der Waals surface area contributed by atoms with Gasteiger partial charge in [-0.05, 0) is 30.7 Å². The number of aromatic nitrogens is 2. The molecule has 2 heterocycles. The molecule has 5 nitrogen and oxygen atoms in total. The zero-order valence-electron chi connectivity index (χ0n) is 7.40. The fourth-order valence-electron chi connectivity index (χ4n) is 0.955. The molecule has 0 saturated heterocycles. The Labute approximate surface area is 84.8 Å². The molecule has 0 bridgehead atoms. The van der Waals surface area contributed by atoms with Gasteiger partial charge in [0.25, 0.3) is 0 Å². The summed E-state index contributed by atoms with van der Waals surface area (Å²) in [5.74, 6) is 1.18. The number of rotatable bonds is 2. The maximum Gasteiger partial charge on any atom is 0.243 e. The molecule has 2 aromatic heterocycles. The topological polar surface area (TPSA) is 78.1 Å². The molecule has 0 aliphatic carbocycles. The molecule has 0 aliphatic heterocycles. The predicted octanol–water partition coefficient (Wildman–Crippen LogP) is 2.00. The van der Waals surface area contributed by atoms with Crippen molar-refractivity contribution >= 4 is 11.6 Å². The molecule has 0 amide bonds. The lowest BCUT2D eigenvalue weighted by atomic mass is 10.4. The van der Waals surface area contributed by atoms with Crippen LogP contribution in [-0.4, -0.2) is 10.1 Å². The van der Waals surface area contributed by atoms with Crippen molar-refractivity contribution in [2.45, 2.75) is 13.0 Å². The molecule has 1 atom stereocenters. The van der Waals surface area contributed by atoms with E-state index >= 15 is 0 Å². The maximum atomic E-state index is 5.60. The van der Waals surface area contributed by atoms with Crippen LogP contribution in [0.4, 0.5) is 0 Å². The summed E-state index contributed by atoms with van der Waals surface area (Å²) >= 11 is 5.60. The minimum atomic E-state index is -0.290. The molecular weight excluding hydrogens is 206 g/mol. The Morgan fingerprint density at radius 3 is 2.79 bits per heavy atom. The molecule has 6 heteroatoms. The van der Waals surface area contributed by atoms with E-state index in [4.69, 9.17) is 26.3 Å². The molecule has 0 radical (unpaired) electrons. The first-order valence-corrected chi connectivity index (χ1v) is 4.39. The largest absolute Gasteiger partial charge is 0.441 e. The maximum absolute atomic E-state index is 5.60. The van der Waals surface area contributed by atoms with Gasteiger partial charge in [0.15, 0.2) is 11.0 Å². The number of hydrogen-bond donors (Lipinski definition) is 1. The van der Waals surface area contributed by atoms with Gasteiger partial charge >= 0.3 is 0 Å². The third kappa shape index (κ3) is 1.64. The van der Waals surface area contributed by atoms with E-state index in [0.29, 0.717) is 17.5 Å². The van der Waals surface area contributed by atoms with Crippen LogP contribution in [0, 0.1) is 0 Å². The second kappa shape index (κ2) is 3.43. The zero-order valence-corrected chi connectivity index (χ0v) is 8.15. The zero-order chi connectivity index (χ0) is 10.1. The van der Waals surface area contributed by atoms with Crippen molar-refractivity contribution < 1.29 is 8.94 Å².